The first-order valence-electron chi connectivity index (χ1n) is 8.66. The maximum atomic E-state index is 4.74. The first-order chi connectivity index (χ1) is 12.9. The Kier molecular flexibility index (Phi) is 3.82. The van der Waals surface area contributed by atoms with E-state index in [0.717, 1.165) is 48.5 Å². The van der Waals surface area contributed by atoms with E-state index in [1.165, 1.54) is 4.88 Å². The molecule has 7 nitrogen and oxygen atoms in total. The lowest BCUT2D eigenvalue weighted by Crippen LogP contribution is -2.08. The van der Waals surface area contributed by atoms with E-state index in [1.807, 2.05) is 6.07 Å². The van der Waals surface area contributed by atoms with Crippen molar-refractivity contribution in [2.75, 3.05) is 11.9 Å². The zero-order valence-electron chi connectivity index (χ0n) is 14.0. The van der Waals surface area contributed by atoms with E-state index in [2.05, 4.69) is 42.3 Å². The second-order valence-corrected chi connectivity index (χ2v) is 7.32. The molecule has 0 unspecified atom stereocenters. The molecule has 0 aliphatic heterocycles. The minimum Gasteiger partial charge on any atom is -0.354 e. The normalized spacial score (nSPS) is 14.0. The number of hydrogen-bond donors (Lipinski definition) is 1. The van der Waals surface area contributed by atoms with Gasteiger partial charge >= 0.3 is 0 Å². The molecule has 1 N–H and O–H groups in total. The van der Waals surface area contributed by atoms with Crippen molar-refractivity contribution in [1.29, 1.82) is 0 Å². The van der Waals surface area contributed by atoms with Gasteiger partial charge in [0, 0.05) is 23.7 Å². The quantitative estimate of drug-likeness (QED) is 0.566. The maximum absolute atomic E-state index is 4.74. The Bertz CT molecular complexity index is 1020. The number of hydrogen-bond acceptors (Lipinski definition) is 7. The third-order valence-corrected chi connectivity index (χ3v) is 5.33. The molecule has 0 saturated heterocycles. The summed E-state index contributed by atoms with van der Waals surface area (Å²) in [6, 6.07) is 6.55. The zero-order valence-corrected chi connectivity index (χ0v) is 14.9. The Morgan fingerprint density at radius 3 is 2.92 bits per heavy atom. The lowest BCUT2D eigenvalue weighted by Gasteiger charge is -2.07. The Balaban J connectivity index is 1.46. The summed E-state index contributed by atoms with van der Waals surface area (Å²) in [5.41, 5.74) is 2.49. The van der Waals surface area contributed by atoms with Crippen molar-refractivity contribution in [2.45, 2.75) is 25.3 Å². The summed E-state index contributed by atoms with van der Waals surface area (Å²) in [7, 11) is 0. The van der Waals surface area contributed by atoms with Crippen molar-refractivity contribution in [3.05, 3.63) is 47.2 Å². The highest BCUT2D eigenvalue weighted by atomic mass is 32.1. The molecule has 8 heteroatoms. The summed E-state index contributed by atoms with van der Waals surface area (Å²) >= 11 is 1.77. The van der Waals surface area contributed by atoms with Gasteiger partial charge in [-0.15, -0.1) is 11.3 Å². The van der Waals surface area contributed by atoms with Crippen LogP contribution in [0.25, 0.3) is 22.7 Å². The average molecular weight is 363 g/mol. The van der Waals surface area contributed by atoms with E-state index in [1.54, 1.807) is 30.1 Å². The third kappa shape index (κ3) is 2.92. The Morgan fingerprint density at radius 1 is 1.19 bits per heavy atom. The highest BCUT2D eigenvalue weighted by Crippen LogP contribution is 2.40. The van der Waals surface area contributed by atoms with Gasteiger partial charge in [0.05, 0.1) is 6.20 Å². The Labute approximate surface area is 154 Å². The van der Waals surface area contributed by atoms with Gasteiger partial charge < -0.3 is 9.88 Å². The molecule has 0 bridgehead atoms. The number of rotatable bonds is 6. The largest absolute Gasteiger partial charge is 0.354 e. The molecule has 1 aliphatic rings. The van der Waals surface area contributed by atoms with Crippen LogP contribution >= 0.6 is 11.3 Å². The Morgan fingerprint density at radius 2 is 2.15 bits per heavy atom. The molecular weight excluding hydrogens is 346 g/mol. The van der Waals surface area contributed by atoms with Gasteiger partial charge in [-0.2, -0.15) is 4.98 Å². The lowest BCUT2D eigenvalue weighted by atomic mass is 10.3. The third-order valence-electron chi connectivity index (χ3n) is 4.39. The molecule has 1 aliphatic carbocycles. The summed E-state index contributed by atoms with van der Waals surface area (Å²) in [6.45, 7) is 0.808. The van der Waals surface area contributed by atoms with Crippen LogP contribution in [0.5, 0.6) is 0 Å². The molecule has 1 saturated carbocycles. The van der Waals surface area contributed by atoms with Crippen LogP contribution in [0.3, 0.4) is 0 Å². The van der Waals surface area contributed by atoms with Crippen LogP contribution in [0.2, 0.25) is 0 Å². The SMILES string of the molecule is c1csc(CCNc2ncc3nc(-c4ccncn4)n(C4CC4)c3n2)c1. The van der Waals surface area contributed by atoms with Gasteiger partial charge in [0.25, 0.3) is 0 Å². The molecule has 0 amide bonds. The molecule has 4 aromatic heterocycles. The number of anilines is 1. The smallest absolute Gasteiger partial charge is 0.224 e. The molecular formula is C18H17N7S. The number of nitrogens with one attached hydrogen (secondary N) is 1. The molecule has 1 fully saturated rings. The van der Waals surface area contributed by atoms with Crippen LogP contribution in [-0.2, 0) is 6.42 Å². The van der Waals surface area contributed by atoms with E-state index < -0.39 is 0 Å². The second-order valence-electron chi connectivity index (χ2n) is 6.29. The van der Waals surface area contributed by atoms with Crippen molar-refractivity contribution in [1.82, 2.24) is 29.5 Å². The highest BCUT2D eigenvalue weighted by Gasteiger charge is 2.30. The lowest BCUT2D eigenvalue weighted by molar-refractivity contribution is 0.762. The van der Waals surface area contributed by atoms with Crippen molar-refractivity contribution < 1.29 is 0 Å². The van der Waals surface area contributed by atoms with Crippen LogP contribution in [0.1, 0.15) is 23.8 Å². The van der Waals surface area contributed by atoms with Gasteiger partial charge in [0.2, 0.25) is 5.95 Å². The fourth-order valence-electron chi connectivity index (χ4n) is 3.01. The van der Waals surface area contributed by atoms with Gasteiger partial charge in [-0.1, -0.05) is 6.07 Å². The fraction of sp³-hybridized carbons (Fsp3) is 0.278. The predicted octanol–water partition coefficient (Wildman–Crippen LogP) is 3.33. The van der Waals surface area contributed by atoms with Gasteiger partial charge in [-0.3, -0.25) is 0 Å². The van der Waals surface area contributed by atoms with E-state index >= 15 is 0 Å². The van der Waals surface area contributed by atoms with Gasteiger partial charge in [-0.05, 0) is 36.8 Å². The van der Waals surface area contributed by atoms with Crippen LogP contribution < -0.4 is 5.32 Å². The zero-order chi connectivity index (χ0) is 17.3. The average Bonchev–Trinajstić information content (AvgIpc) is 3.24. The van der Waals surface area contributed by atoms with Crippen molar-refractivity contribution in [3.8, 4) is 11.5 Å². The molecule has 4 aromatic rings. The second kappa shape index (κ2) is 6.45. The van der Waals surface area contributed by atoms with Crippen LogP contribution in [0.4, 0.5) is 5.95 Å². The molecule has 0 atom stereocenters. The van der Waals surface area contributed by atoms with E-state index in [0.29, 0.717) is 12.0 Å². The van der Waals surface area contributed by atoms with Crippen molar-refractivity contribution in [2.24, 2.45) is 0 Å². The van der Waals surface area contributed by atoms with E-state index in [9.17, 15) is 0 Å². The van der Waals surface area contributed by atoms with Gasteiger partial charge in [-0.25, -0.2) is 19.9 Å². The fourth-order valence-corrected chi connectivity index (χ4v) is 3.72. The molecule has 0 aromatic carbocycles. The molecule has 0 radical (unpaired) electrons. The number of aromatic nitrogens is 6. The Hall–Kier alpha value is -2.87. The number of nitrogens with zero attached hydrogens (tertiary/aromatic N) is 6. The predicted molar refractivity (Wildman–Crippen MR) is 101 cm³/mol. The van der Waals surface area contributed by atoms with Crippen LogP contribution in [-0.4, -0.2) is 36.0 Å². The van der Waals surface area contributed by atoms with E-state index in [4.69, 9.17) is 9.97 Å². The van der Waals surface area contributed by atoms with Gasteiger partial charge in [0.15, 0.2) is 11.5 Å². The molecule has 0 spiro atoms. The van der Waals surface area contributed by atoms with Crippen LogP contribution in [0.15, 0.2) is 42.3 Å². The molecule has 130 valence electrons. The topological polar surface area (TPSA) is 81.4 Å². The first kappa shape index (κ1) is 15.4. The van der Waals surface area contributed by atoms with E-state index in [-0.39, 0.29) is 0 Å². The standard InChI is InChI=1S/C18H17N7S/c1-2-13(26-9-1)5-8-20-18-21-10-15-17(24-18)25(12-3-4-12)16(23-15)14-6-7-19-11-22-14/h1-2,6-7,9-12H,3-5,8H2,(H,20,21,24). The number of thiophene rings is 1. The summed E-state index contributed by atoms with van der Waals surface area (Å²) in [4.78, 5) is 23.6. The number of fused-ring (bicyclic) bond motifs is 1. The molecule has 4 heterocycles. The summed E-state index contributed by atoms with van der Waals surface area (Å²) in [6.07, 6.45) is 8.34. The minimum atomic E-state index is 0.443. The highest BCUT2D eigenvalue weighted by molar-refractivity contribution is 7.09. The van der Waals surface area contributed by atoms with Crippen molar-refractivity contribution in [3.63, 3.8) is 0 Å². The summed E-state index contributed by atoms with van der Waals surface area (Å²) in [5.74, 6) is 1.49. The molecule has 5 rings (SSSR count). The van der Waals surface area contributed by atoms with Gasteiger partial charge in [0.1, 0.15) is 17.5 Å². The number of imidazole rings is 1. The van der Waals surface area contributed by atoms with Crippen LogP contribution in [0, 0.1) is 0 Å². The maximum Gasteiger partial charge on any atom is 0.224 e. The minimum absolute atomic E-state index is 0.443. The summed E-state index contributed by atoms with van der Waals surface area (Å²) < 4.78 is 2.20. The van der Waals surface area contributed by atoms with Crippen molar-refractivity contribution >= 4 is 28.4 Å². The molecule has 26 heavy (non-hydrogen) atoms. The summed E-state index contributed by atoms with van der Waals surface area (Å²) in [5, 5.41) is 5.43. The monoisotopic (exact) mass is 363 g/mol. The first-order valence-corrected chi connectivity index (χ1v) is 9.54.